The molecular weight excluding hydrogens is 264 g/mol. The summed E-state index contributed by atoms with van der Waals surface area (Å²) in [6, 6.07) is 3.46. The lowest BCUT2D eigenvalue weighted by molar-refractivity contribution is 0.261. The van der Waals surface area contributed by atoms with Crippen molar-refractivity contribution in [3.05, 3.63) is 23.3 Å². The minimum absolute atomic E-state index is 0.173. The summed E-state index contributed by atoms with van der Waals surface area (Å²) < 4.78 is 32.1. The van der Waals surface area contributed by atoms with Crippen LogP contribution in [0.15, 0.2) is 17.0 Å². The minimum atomic E-state index is -3.55. The Hall–Kier alpha value is -1.11. The highest BCUT2D eigenvalue weighted by Gasteiger charge is 2.28. The molecule has 19 heavy (non-hydrogen) atoms. The van der Waals surface area contributed by atoms with Gasteiger partial charge in [0.15, 0.2) is 0 Å². The molecule has 3 N–H and O–H groups in total. The smallest absolute Gasteiger partial charge is 0.244 e. The molecule has 0 aliphatic carbocycles. The molecule has 2 rings (SSSR count). The molecule has 1 aromatic carbocycles. The maximum atomic E-state index is 12.1. The molecule has 1 aromatic rings. The summed E-state index contributed by atoms with van der Waals surface area (Å²) in [5.74, 6) is 0.628. The summed E-state index contributed by atoms with van der Waals surface area (Å²) in [6.07, 6.45) is 0.702. The van der Waals surface area contributed by atoms with Crippen molar-refractivity contribution in [2.24, 2.45) is 5.73 Å². The zero-order chi connectivity index (χ0) is 14.2. The lowest BCUT2D eigenvalue weighted by Crippen LogP contribution is -2.25. The standard InChI is InChI=1S/C13H20N2O3S/c1-8(2)9-6-10-11(14)4-5-18-13(10)12(7-9)19(16,17)15-3/h6-8,11,15H,4-5,14H2,1-3H3. The van der Waals surface area contributed by atoms with Gasteiger partial charge in [0.2, 0.25) is 10.0 Å². The number of rotatable bonds is 3. The zero-order valence-corrected chi connectivity index (χ0v) is 12.3. The van der Waals surface area contributed by atoms with Gasteiger partial charge in [0.25, 0.3) is 0 Å². The first kappa shape index (κ1) is 14.3. The van der Waals surface area contributed by atoms with E-state index in [1.165, 1.54) is 7.05 Å². The fraction of sp³-hybridized carbons (Fsp3) is 0.538. The number of hydrogen-bond donors (Lipinski definition) is 2. The van der Waals surface area contributed by atoms with Crippen molar-refractivity contribution in [3.8, 4) is 5.75 Å². The summed E-state index contributed by atoms with van der Waals surface area (Å²) in [5.41, 5.74) is 7.81. The summed E-state index contributed by atoms with van der Waals surface area (Å²) in [7, 11) is -2.15. The van der Waals surface area contributed by atoms with Gasteiger partial charge in [-0.15, -0.1) is 0 Å². The number of benzene rings is 1. The predicted octanol–water partition coefficient (Wildman–Crippen LogP) is 1.50. The largest absolute Gasteiger partial charge is 0.492 e. The van der Waals surface area contributed by atoms with Crippen molar-refractivity contribution in [1.29, 1.82) is 0 Å². The molecular formula is C13H20N2O3S. The van der Waals surface area contributed by atoms with E-state index < -0.39 is 10.0 Å². The first-order chi connectivity index (χ1) is 8.86. The minimum Gasteiger partial charge on any atom is -0.492 e. The second-order valence-electron chi connectivity index (χ2n) is 5.04. The average Bonchev–Trinajstić information content (AvgIpc) is 2.38. The van der Waals surface area contributed by atoms with Crippen LogP contribution in [0.4, 0.5) is 0 Å². The molecule has 5 nitrogen and oxygen atoms in total. The Kier molecular flexibility index (Phi) is 3.85. The van der Waals surface area contributed by atoms with Crippen LogP contribution in [0.2, 0.25) is 0 Å². The van der Waals surface area contributed by atoms with E-state index in [9.17, 15) is 8.42 Å². The van der Waals surface area contributed by atoms with Crippen molar-refractivity contribution < 1.29 is 13.2 Å². The number of nitrogens with two attached hydrogens (primary N) is 1. The first-order valence-corrected chi connectivity index (χ1v) is 7.85. The van der Waals surface area contributed by atoms with Crippen molar-refractivity contribution in [3.63, 3.8) is 0 Å². The lowest BCUT2D eigenvalue weighted by atomic mass is 9.94. The van der Waals surface area contributed by atoms with Crippen LogP contribution < -0.4 is 15.2 Å². The Balaban J connectivity index is 2.71. The molecule has 1 atom stereocenters. The molecule has 1 aliphatic rings. The Bertz CT molecular complexity index is 582. The Morgan fingerprint density at radius 1 is 1.42 bits per heavy atom. The van der Waals surface area contributed by atoms with Gasteiger partial charge < -0.3 is 10.5 Å². The highest BCUT2D eigenvalue weighted by atomic mass is 32.2. The van der Waals surface area contributed by atoms with E-state index in [4.69, 9.17) is 10.5 Å². The molecule has 6 heteroatoms. The summed E-state index contributed by atoms with van der Waals surface area (Å²) >= 11 is 0. The molecule has 0 aromatic heterocycles. The predicted molar refractivity (Wildman–Crippen MR) is 73.8 cm³/mol. The summed E-state index contributed by atoms with van der Waals surface area (Å²) in [5, 5.41) is 0. The normalized spacial score (nSPS) is 19.1. The highest BCUT2D eigenvalue weighted by molar-refractivity contribution is 7.89. The zero-order valence-electron chi connectivity index (χ0n) is 11.4. The maximum absolute atomic E-state index is 12.1. The van der Waals surface area contributed by atoms with Gasteiger partial charge in [0.1, 0.15) is 10.6 Å². The number of nitrogens with one attached hydrogen (secondary N) is 1. The Morgan fingerprint density at radius 2 is 2.11 bits per heavy atom. The van der Waals surface area contributed by atoms with Crippen LogP contribution in [0.1, 0.15) is 43.4 Å². The van der Waals surface area contributed by atoms with Crippen molar-refractivity contribution in [1.82, 2.24) is 4.72 Å². The van der Waals surface area contributed by atoms with Crippen LogP contribution in [0.25, 0.3) is 0 Å². The van der Waals surface area contributed by atoms with E-state index in [0.29, 0.717) is 18.8 Å². The molecule has 106 valence electrons. The molecule has 0 fully saturated rings. The SMILES string of the molecule is CNS(=O)(=O)c1cc(C(C)C)cc2c1OCCC2N. The van der Waals surface area contributed by atoms with Gasteiger partial charge in [0.05, 0.1) is 6.61 Å². The third-order valence-corrected chi connectivity index (χ3v) is 4.83. The third kappa shape index (κ3) is 2.61. The van der Waals surface area contributed by atoms with Crippen LogP contribution >= 0.6 is 0 Å². The topological polar surface area (TPSA) is 81.4 Å². The van der Waals surface area contributed by atoms with Crippen LogP contribution in [0.3, 0.4) is 0 Å². The van der Waals surface area contributed by atoms with Crippen molar-refractivity contribution >= 4 is 10.0 Å². The number of fused-ring (bicyclic) bond motifs is 1. The molecule has 0 saturated heterocycles. The average molecular weight is 284 g/mol. The lowest BCUT2D eigenvalue weighted by Gasteiger charge is -2.26. The van der Waals surface area contributed by atoms with Crippen molar-refractivity contribution in [2.45, 2.75) is 37.1 Å². The van der Waals surface area contributed by atoms with Gasteiger partial charge in [-0.25, -0.2) is 13.1 Å². The third-order valence-electron chi connectivity index (χ3n) is 3.41. The quantitative estimate of drug-likeness (QED) is 0.881. The fourth-order valence-corrected chi connectivity index (χ4v) is 3.09. The second-order valence-corrected chi connectivity index (χ2v) is 6.90. The molecule has 1 aliphatic heterocycles. The molecule has 0 amide bonds. The van der Waals surface area contributed by atoms with Crippen LogP contribution in [-0.4, -0.2) is 22.1 Å². The first-order valence-electron chi connectivity index (χ1n) is 6.36. The second kappa shape index (κ2) is 5.11. The number of sulfonamides is 1. The van der Waals surface area contributed by atoms with Crippen LogP contribution in [0.5, 0.6) is 5.75 Å². The van der Waals surface area contributed by atoms with E-state index in [0.717, 1.165) is 11.1 Å². The van der Waals surface area contributed by atoms with Crippen LogP contribution in [0, 0.1) is 0 Å². The molecule has 0 bridgehead atoms. The number of ether oxygens (including phenoxy) is 1. The maximum Gasteiger partial charge on any atom is 0.244 e. The fourth-order valence-electron chi connectivity index (χ4n) is 2.16. The van der Waals surface area contributed by atoms with E-state index >= 15 is 0 Å². The molecule has 1 unspecified atom stereocenters. The Morgan fingerprint density at radius 3 is 2.68 bits per heavy atom. The molecule has 0 spiro atoms. The highest BCUT2D eigenvalue weighted by Crippen LogP contribution is 2.38. The summed E-state index contributed by atoms with van der Waals surface area (Å²) in [4.78, 5) is 0.186. The van der Waals surface area contributed by atoms with E-state index in [1.54, 1.807) is 6.07 Å². The van der Waals surface area contributed by atoms with Gasteiger partial charge in [0, 0.05) is 18.0 Å². The molecule has 0 saturated carbocycles. The van der Waals surface area contributed by atoms with Gasteiger partial charge >= 0.3 is 0 Å². The summed E-state index contributed by atoms with van der Waals surface area (Å²) in [6.45, 7) is 4.49. The van der Waals surface area contributed by atoms with E-state index in [2.05, 4.69) is 4.72 Å². The van der Waals surface area contributed by atoms with Gasteiger partial charge in [-0.3, -0.25) is 0 Å². The molecule has 0 radical (unpaired) electrons. The van der Waals surface area contributed by atoms with Crippen molar-refractivity contribution in [2.75, 3.05) is 13.7 Å². The number of hydrogen-bond acceptors (Lipinski definition) is 4. The van der Waals surface area contributed by atoms with E-state index in [-0.39, 0.29) is 16.9 Å². The Labute approximate surface area is 114 Å². The van der Waals surface area contributed by atoms with E-state index in [1.807, 2.05) is 19.9 Å². The molecule has 1 heterocycles. The van der Waals surface area contributed by atoms with Gasteiger partial charge in [-0.2, -0.15) is 0 Å². The van der Waals surface area contributed by atoms with Gasteiger partial charge in [-0.1, -0.05) is 19.9 Å². The van der Waals surface area contributed by atoms with Crippen LogP contribution in [-0.2, 0) is 10.0 Å². The monoisotopic (exact) mass is 284 g/mol. The van der Waals surface area contributed by atoms with Gasteiger partial charge in [-0.05, 0) is 24.6 Å².